The molecule has 3 rings (SSSR count). The second-order valence-corrected chi connectivity index (χ2v) is 5.15. The maximum absolute atomic E-state index is 5.90. The third kappa shape index (κ3) is 2.52. The Morgan fingerprint density at radius 2 is 2.25 bits per heavy atom. The lowest BCUT2D eigenvalue weighted by molar-refractivity contribution is -0.0264. The molecule has 0 aliphatic carbocycles. The number of nitrogens with two attached hydrogens (primary N) is 1. The van der Waals surface area contributed by atoms with Crippen molar-refractivity contribution in [3.8, 4) is 11.5 Å². The van der Waals surface area contributed by atoms with Crippen LogP contribution in [0.25, 0.3) is 11.5 Å². The number of aryl methyl sites for hydroxylation is 1. The zero-order valence-corrected chi connectivity index (χ0v) is 11.7. The van der Waals surface area contributed by atoms with Crippen molar-refractivity contribution in [1.82, 2.24) is 15.0 Å². The highest BCUT2D eigenvalue weighted by Gasteiger charge is 2.24. The second-order valence-electron chi connectivity index (χ2n) is 5.15. The number of hydrogen-bond donors (Lipinski definition) is 1. The van der Waals surface area contributed by atoms with Crippen LogP contribution in [-0.4, -0.2) is 41.8 Å². The molecule has 1 saturated heterocycles. The molecule has 2 heterocycles. The first-order valence-corrected chi connectivity index (χ1v) is 6.64. The van der Waals surface area contributed by atoms with Crippen LogP contribution in [0.4, 0.5) is 5.69 Å². The van der Waals surface area contributed by atoms with E-state index in [1.165, 1.54) is 0 Å². The predicted molar refractivity (Wildman–Crippen MR) is 75.1 cm³/mol. The Hall–Kier alpha value is -1.92. The molecule has 1 aliphatic heterocycles. The van der Waals surface area contributed by atoms with Crippen molar-refractivity contribution in [3.63, 3.8) is 0 Å². The lowest BCUT2D eigenvalue weighted by Gasteiger charge is -2.27. The Bertz CT molecular complexity index is 611. The zero-order chi connectivity index (χ0) is 14.1. The van der Waals surface area contributed by atoms with E-state index in [1.54, 1.807) is 0 Å². The normalized spacial score (nSPS) is 20.2. The first-order valence-electron chi connectivity index (χ1n) is 6.64. The molecule has 1 aliphatic rings. The number of ether oxygens (including phenoxy) is 1. The van der Waals surface area contributed by atoms with Crippen molar-refractivity contribution in [2.75, 3.05) is 32.5 Å². The number of rotatable bonds is 2. The number of nitrogen functional groups attached to an aromatic ring is 1. The fourth-order valence-electron chi connectivity index (χ4n) is 2.19. The maximum atomic E-state index is 5.90. The molecule has 6 heteroatoms. The predicted octanol–water partition coefficient (Wildman–Crippen LogP) is 1.63. The lowest BCUT2D eigenvalue weighted by atomic mass is 10.1. The van der Waals surface area contributed by atoms with Crippen LogP contribution in [-0.2, 0) is 4.74 Å². The van der Waals surface area contributed by atoms with Crippen LogP contribution in [0.1, 0.15) is 17.5 Å². The van der Waals surface area contributed by atoms with Gasteiger partial charge >= 0.3 is 0 Å². The molecule has 0 bridgehead atoms. The van der Waals surface area contributed by atoms with Gasteiger partial charge in [0.1, 0.15) is 6.10 Å². The Morgan fingerprint density at radius 3 is 3.00 bits per heavy atom. The zero-order valence-electron chi connectivity index (χ0n) is 11.7. The molecule has 20 heavy (non-hydrogen) atoms. The molecule has 0 radical (unpaired) electrons. The van der Waals surface area contributed by atoms with Crippen molar-refractivity contribution < 1.29 is 9.26 Å². The number of aromatic nitrogens is 2. The fourth-order valence-corrected chi connectivity index (χ4v) is 2.19. The molecule has 2 N–H and O–H groups in total. The summed E-state index contributed by atoms with van der Waals surface area (Å²) in [6.45, 7) is 4.34. The van der Waals surface area contributed by atoms with Gasteiger partial charge in [-0.15, -0.1) is 0 Å². The summed E-state index contributed by atoms with van der Waals surface area (Å²) in [5.74, 6) is 1.06. The van der Waals surface area contributed by atoms with Gasteiger partial charge in [-0.25, -0.2) is 0 Å². The van der Waals surface area contributed by atoms with Crippen LogP contribution in [0, 0.1) is 6.92 Å². The molecule has 0 saturated carbocycles. The highest BCUT2D eigenvalue weighted by atomic mass is 16.5. The number of benzene rings is 1. The molecule has 1 aromatic heterocycles. The van der Waals surface area contributed by atoms with E-state index in [0.717, 1.165) is 29.9 Å². The average Bonchev–Trinajstić information content (AvgIpc) is 2.92. The number of hydrogen-bond acceptors (Lipinski definition) is 6. The third-order valence-electron chi connectivity index (χ3n) is 3.53. The monoisotopic (exact) mass is 274 g/mol. The highest BCUT2D eigenvalue weighted by molar-refractivity contribution is 5.62. The number of morpholine rings is 1. The van der Waals surface area contributed by atoms with E-state index in [9.17, 15) is 0 Å². The van der Waals surface area contributed by atoms with Crippen molar-refractivity contribution in [1.29, 1.82) is 0 Å². The van der Waals surface area contributed by atoms with E-state index in [-0.39, 0.29) is 6.10 Å². The first-order chi connectivity index (χ1) is 9.63. The van der Waals surface area contributed by atoms with Crippen molar-refractivity contribution in [3.05, 3.63) is 29.6 Å². The molecular formula is C14H18N4O2. The molecule has 0 amide bonds. The maximum Gasteiger partial charge on any atom is 0.258 e. The van der Waals surface area contributed by atoms with E-state index in [1.807, 2.05) is 25.1 Å². The van der Waals surface area contributed by atoms with Crippen molar-refractivity contribution in [2.45, 2.75) is 13.0 Å². The van der Waals surface area contributed by atoms with Gasteiger partial charge < -0.3 is 19.9 Å². The quantitative estimate of drug-likeness (QED) is 0.839. The standard InChI is InChI=1S/C14H18N4O2/c1-9-3-4-10(7-11(9)15)14-16-13(17-20-14)12-8-18(2)5-6-19-12/h3-4,7,12H,5-6,8,15H2,1-2H3. The van der Waals surface area contributed by atoms with Gasteiger partial charge in [-0.2, -0.15) is 4.98 Å². The number of likely N-dealkylation sites (N-methyl/N-ethyl adjacent to an activating group) is 1. The minimum Gasteiger partial charge on any atom is -0.398 e. The van der Waals surface area contributed by atoms with Gasteiger partial charge in [0, 0.05) is 24.3 Å². The number of anilines is 1. The summed E-state index contributed by atoms with van der Waals surface area (Å²) in [7, 11) is 2.05. The molecular weight excluding hydrogens is 256 g/mol. The average molecular weight is 274 g/mol. The summed E-state index contributed by atoms with van der Waals surface area (Å²) in [6.07, 6.45) is -0.131. The molecule has 106 valence electrons. The van der Waals surface area contributed by atoms with Gasteiger partial charge in [-0.1, -0.05) is 11.2 Å². The van der Waals surface area contributed by atoms with E-state index < -0.39 is 0 Å². The van der Waals surface area contributed by atoms with Crippen LogP contribution < -0.4 is 5.73 Å². The molecule has 1 atom stereocenters. The lowest BCUT2D eigenvalue weighted by Crippen LogP contribution is -2.35. The molecule has 0 spiro atoms. The fraction of sp³-hybridized carbons (Fsp3) is 0.429. The molecule has 1 fully saturated rings. The summed E-state index contributed by atoms with van der Waals surface area (Å²) < 4.78 is 11.0. The number of nitrogens with zero attached hydrogens (tertiary/aromatic N) is 3. The minimum atomic E-state index is -0.131. The van der Waals surface area contributed by atoms with Gasteiger partial charge in [0.15, 0.2) is 0 Å². The summed E-state index contributed by atoms with van der Waals surface area (Å²) in [5.41, 5.74) is 8.49. The summed E-state index contributed by atoms with van der Waals surface area (Å²) in [4.78, 5) is 6.61. The van der Waals surface area contributed by atoms with Crippen molar-refractivity contribution in [2.24, 2.45) is 0 Å². The summed E-state index contributed by atoms with van der Waals surface area (Å²) in [6, 6.07) is 5.72. The van der Waals surface area contributed by atoms with Crippen LogP contribution in [0.5, 0.6) is 0 Å². The van der Waals surface area contributed by atoms with Crippen LogP contribution in [0.2, 0.25) is 0 Å². The third-order valence-corrected chi connectivity index (χ3v) is 3.53. The molecule has 6 nitrogen and oxygen atoms in total. The molecule has 2 aromatic rings. The Morgan fingerprint density at radius 1 is 1.40 bits per heavy atom. The van der Waals surface area contributed by atoms with E-state index in [2.05, 4.69) is 22.1 Å². The van der Waals surface area contributed by atoms with E-state index >= 15 is 0 Å². The summed E-state index contributed by atoms with van der Waals surface area (Å²) >= 11 is 0. The topological polar surface area (TPSA) is 77.4 Å². The molecule has 1 unspecified atom stereocenters. The van der Waals surface area contributed by atoms with Crippen LogP contribution in [0.3, 0.4) is 0 Å². The van der Waals surface area contributed by atoms with Crippen molar-refractivity contribution >= 4 is 5.69 Å². The van der Waals surface area contributed by atoms with E-state index in [4.69, 9.17) is 15.0 Å². The van der Waals surface area contributed by atoms with Gasteiger partial charge in [-0.3, -0.25) is 0 Å². The minimum absolute atomic E-state index is 0.131. The van der Waals surface area contributed by atoms with Gasteiger partial charge in [0.25, 0.3) is 5.89 Å². The van der Waals surface area contributed by atoms with E-state index in [0.29, 0.717) is 18.3 Å². The largest absolute Gasteiger partial charge is 0.398 e. The smallest absolute Gasteiger partial charge is 0.258 e. The Labute approximate surface area is 117 Å². The SMILES string of the molecule is Cc1ccc(-c2nc(C3CN(C)CCO3)no2)cc1N. The highest BCUT2D eigenvalue weighted by Crippen LogP contribution is 2.25. The van der Waals surface area contributed by atoms with Crippen LogP contribution >= 0.6 is 0 Å². The second kappa shape index (κ2) is 5.22. The first kappa shape index (κ1) is 13.1. The van der Waals surface area contributed by atoms with Gasteiger partial charge in [-0.05, 0) is 31.7 Å². The van der Waals surface area contributed by atoms with Gasteiger partial charge in [0.05, 0.1) is 6.61 Å². The Kier molecular flexibility index (Phi) is 3.42. The summed E-state index contributed by atoms with van der Waals surface area (Å²) in [5, 5.41) is 4.02. The van der Waals surface area contributed by atoms with Crippen LogP contribution in [0.15, 0.2) is 22.7 Å². The van der Waals surface area contributed by atoms with Gasteiger partial charge in [0.2, 0.25) is 5.82 Å². The molecule has 1 aromatic carbocycles. The Balaban J connectivity index is 1.84.